The van der Waals surface area contributed by atoms with Gasteiger partial charge in [0.1, 0.15) is 0 Å². The fraction of sp³-hybridized carbons (Fsp3) is 0.387. The van der Waals surface area contributed by atoms with Gasteiger partial charge in [-0.15, -0.1) is 0 Å². The number of rotatable bonds is 6. The first-order valence-electron chi connectivity index (χ1n) is 13.6. The molecule has 38 heavy (non-hydrogen) atoms. The third-order valence-electron chi connectivity index (χ3n) is 8.21. The lowest BCUT2D eigenvalue weighted by molar-refractivity contribution is 0.0930. The summed E-state index contributed by atoms with van der Waals surface area (Å²) < 4.78 is 1.79. The zero-order valence-electron chi connectivity index (χ0n) is 22.7. The summed E-state index contributed by atoms with van der Waals surface area (Å²) in [5.74, 6) is -0.00788. The van der Waals surface area contributed by atoms with E-state index in [1.807, 2.05) is 44.6 Å². The molecule has 1 aliphatic carbocycles. The van der Waals surface area contributed by atoms with Gasteiger partial charge in [0.2, 0.25) is 0 Å². The van der Waals surface area contributed by atoms with Crippen molar-refractivity contribution in [2.45, 2.75) is 45.2 Å². The zero-order chi connectivity index (χ0) is 26.4. The first-order valence-corrected chi connectivity index (χ1v) is 13.6. The Morgan fingerprint density at radius 3 is 2.47 bits per heavy atom. The quantitative estimate of drug-likeness (QED) is 0.402. The number of anilines is 1. The average molecular weight is 509 g/mol. The van der Waals surface area contributed by atoms with Crippen molar-refractivity contribution in [1.29, 1.82) is 0 Å². The van der Waals surface area contributed by atoms with E-state index >= 15 is 0 Å². The number of hydrogen-bond acceptors (Lipinski definition) is 5. The summed E-state index contributed by atoms with van der Waals surface area (Å²) >= 11 is 0. The van der Waals surface area contributed by atoms with Crippen molar-refractivity contribution in [3.8, 4) is 11.3 Å². The zero-order valence-corrected chi connectivity index (χ0v) is 22.7. The molecule has 0 atom stereocenters. The minimum atomic E-state index is -0.387. The third kappa shape index (κ3) is 4.56. The number of para-hydroxylation sites is 1. The van der Waals surface area contributed by atoms with Crippen LogP contribution in [0, 0.1) is 6.92 Å². The molecule has 0 bridgehead atoms. The van der Waals surface area contributed by atoms with E-state index in [-0.39, 0.29) is 11.4 Å². The van der Waals surface area contributed by atoms with E-state index in [4.69, 9.17) is 4.98 Å². The van der Waals surface area contributed by atoms with Crippen LogP contribution in [0.15, 0.2) is 60.9 Å². The standard InChI is InChI=1S/C31H36N6O/c1-21(2)36-13-15-37(16-14-36)24-10-9-22(3)26(17-24)30(38)34-31(11-12-31)27-18-29(23-19-32-35(4)20-23)33-28-8-6-5-7-25(27)28/h5-10,17-21H,11-16H2,1-4H3,(H,34,38). The van der Waals surface area contributed by atoms with E-state index in [1.54, 1.807) is 4.68 Å². The number of fused-ring (bicyclic) bond motifs is 1. The molecule has 6 rings (SSSR count). The van der Waals surface area contributed by atoms with Gasteiger partial charge in [-0.05, 0) is 69.0 Å². The van der Waals surface area contributed by atoms with E-state index < -0.39 is 0 Å². The Bertz CT molecular complexity index is 1490. The summed E-state index contributed by atoms with van der Waals surface area (Å²) in [6.07, 6.45) is 5.65. The molecule has 3 heterocycles. The van der Waals surface area contributed by atoms with Gasteiger partial charge in [0.25, 0.3) is 5.91 Å². The fourth-order valence-corrected chi connectivity index (χ4v) is 5.69. The molecule has 4 aromatic rings. The van der Waals surface area contributed by atoms with Crippen LogP contribution < -0.4 is 10.2 Å². The predicted molar refractivity (Wildman–Crippen MR) is 152 cm³/mol. The summed E-state index contributed by atoms with van der Waals surface area (Å²) in [4.78, 5) is 23.6. The van der Waals surface area contributed by atoms with Gasteiger partial charge in [-0.3, -0.25) is 14.4 Å². The lowest BCUT2D eigenvalue weighted by Crippen LogP contribution is -2.49. The Morgan fingerprint density at radius 1 is 1.03 bits per heavy atom. The lowest BCUT2D eigenvalue weighted by Gasteiger charge is -2.38. The Labute approximate surface area is 224 Å². The van der Waals surface area contributed by atoms with E-state index in [9.17, 15) is 4.79 Å². The molecule has 0 spiro atoms. The second-order valence-electron chi connectivity index (χ2n) is 11.1. The van der Waals surface area contributed by atoms with Crippen LogP contribution in [0.25, 0.3) is 22.2 Å². The molecule has 1 saturated carbocycles. The molecule has 2 aromatic heterocycles. The molecule has 2 aromatic carbocycles. The number of pyridine rings is 1. The van der Waals surface area contributed by atoms with Crippen molar-refractivity contribution in [2.24, 2.45) is 7.05 Å². The average Bonchev–Trinajstić information content (AvgIpc) is 3.57. The Kier molecular flexibility index (Phi) is 6.19. The van der Waals surface area contributed by atoms with Gasteiger partial charge in [-0.25, -0.2) is 4.98 Å². The molecule has 2 fully saturated rings. The minimum absolute atomic E-state index is 0.00788. The van der Waals surface area contributed by atoms with Crippen molar-refractivity contribution in [3.05, 3.63) is 77.6 Å². The Morgan fingerprint density at radius 2 is 1.79 bits per heavy atom. The molecule has 1 aliphatic heterocycles. The van der Waals surface area contributed by atoms with Gasteiger partial charge in [-0.1, -0.05) is 24.3 Å². The number of hydrogen-bond donors (Lipinski definition) is 1. The lowest BCUT2D eigenvalue weighted by atomic mass is 9.96. The molecule has 0 unspecified atom stereocenters. The van der Waals surface area contributed by atoms with Crippen LogP contribution in [0.3, 0.4) is 0 Å². The highest BCUT2D eigenvalue weighted by Gasteiger charge is 2.47. The molecular weight excluding hydrogens is 472 g/mol. The molecule has 1 saturated heterocycles. The number of carbonyl (C=O) groups is 1. The van der Waals surface area contributed by atoms with Crippen LogP contribution in [-0.2, 0) is 12.6 Å². The number of aromatic nitrogens is 3. The molecule has 2 aliphatic rings. The van der Waals surface area contributed by atoms with Crippen LogP contribution in [0.2, 0.25) is 0 Å². The number of aryl methyl sites for hydroxylation is 2. The van der Waals surface area contributed by atoms with E-state index in [2.05, 4.69) is 64.4 Å². The molecule has 1 amide bonds. The maximum absolute atomic E-state index is 13.8. The van der Waals surface area contributed by atoms with Gasteiger partial charge in [0.15, 0.2) is 0 Å². The number of nitrogens with zero attached hydrogens (tertiary/aromatic N) is 5. The van der Waals surface area contributed by atoms with Crippen LogP contribution in [0.4, 0.5) is 5.69 Å². The SMILES string of the molecule is Cc1ccc(N2CCN(C(C)C)CC2)cc1C(=O)NC1(c2cc(-c3cnn(C)c3)nc3ccccc23)CC1. The predicted octanol–water partition coefficient (Wildman–Crippen LogP) is 4.89. The second-order valence-corrected chi connectivity index (χ2v) is 11.1. The summed E-state index contributed by atoms with van der Waals surface area (Å²) in [5.41, 5.74) is 6.42. The maximum atomic E-state index is 13.8. The van der Waals surface area contributed by atoms with Crippen molar-refractivity contribution < 1.29 is 4.79 Å². The Balaban J connectivity index is 1.30. The van der Waals surface area contributed by atoms with Gasteiger partial charge < -0.3 is 10.2 Å². The minimum Gasteiger partial charge on any atom is -0.369 e. The molecule has 1 N–H and O–H groups in total. The topological polar surface area (TPSA) is 66.3 Å². The summed E-state index contributed by atoms with van der Waals surface area (Å²) in [6, 6.07) is 17.2. The highest BCUT2D eigenvalue weighted by atomic mass is 16.1. The molecule has 0 radical (unpaired) electrons. The smallest absolute Gasteiger partial charge is 0.252 e. The number of nitrogens with one attached hydrogen (secondary N) is 1. The molecule has 196 valence electrons. The third-order valence-corrected chi connectivity index (χ3v) is 8.21. The number of carbonyl (C=O) groups excluding carboxylic acids is 1. The number of benzene rings is 2. The first-order chi connectivity index (χ1) is 18.3. The van der Waals surface area contributed by atoms with Crippen molar-refractivity contribution >= 4 is 22.5 Å². The van der Waals surface area contributed by atoms with Crippen molar-refractivity contribution in [3.63, 3.8) is 0 Å². The highest BCUT2D eigenvalue weighted by molar-refractivity contribution is 5.98. The summed E-state index contributed by atoms with van der Waals surface area (Å²) in [6.45, 7) is 10.6. The van der Waals surface area contributed by atoms with E-state index in [0.29, 0.717) is 6.04 Å². The summed E-state index contributed by atoms with van der Waals surface area (Å²) in [5, 5.41) is 8.88. The van der Waals surface area contributed by atoms with Crippen molar-refractivity contribution in [2.75, 3.05) is 31.1 Å². The van der Waals surface area contributed by atoms with Gasteiger partial charge in [-0.2, -0.15) is 5.10 Å². The van der Waals surface area contributed by atoms with Crippen LogP contribution in [0.1, 0.15) is 48.2 Å². The molecular formula is C31H36N6O. The monoisotopic (exact) mass is 508 g/mol. The van der Waals surface area contributed by atoms with Gasteiger partial charge in [0.05, 0.1) is 22.9 Å². The van der Waals surface area contributed by atoms with Gasteiger partial charge >= 0.3 is 0 Å². The number of amides is 1. The largest absolute Gasteiger partial charge is 0.369 e. The second kappa shape index (κ2) is 9.55. The Hall–Kier alpha value is -3.71. The summed E-state index contributed by atoms with van der Waals surface area (Å²) in [7, 11) is 1.91. The van der Waals surface area contributed by atoms with Gasteiger partial charge in [0, 0.05) is 67.7 Å². The van der Waals surface area contributed by atoms with E-state index in [1.165, 1.54) is 0 Å². The van der Waals surface area contributed by atoms with Crippen molar-refractivity contribution in [1.82, 2.24) is 25.0 Å². The fourth-order valence-electron chi connectivity index (χ4n) is 5.69. The highest BCUT2D eigenvalue weighted by Crippen LogP contribution is 2.49. The van der Waals surface area contributed by atoms with Crippen LogP contribution in [0.5, 0.6) is 0 Å². The van der Waals surface area contributed by atoms with Crippen LogP contribution >= 0.6 is 0 Å². The van der Waals surface area contributed by atoms with E-state index in [0.717, 1.165) is 83.6 Å². The first kappa shape index (κ1) is 24.6. The number of piperazine rings is 1. The molecule has 7 heteroatoms. The maximum Gasteiger partial charge on any atom is 0.252 e. The normalized spacial score (nSPS) is 17.2. The molecule has 7 nitrogen and oxygen atoms in total. The van der Waals surface area contributed by atoms with Crippen LogP contribution in [-0.4, -0.2) is 57.8 Å².